The maximum atomic E-state index is 5.99. The summed E-state index contributed by atoms with van der Waals surface area (Å²) >= 11 is 0. The smallest absolute Gasteiger partial charge is 0.420 e. The summed E-state index contributed by atoms with van der Waals surface area (Å²) < 4.78 is 17.8. The highest BCUT2D eigenvalue weighted by Crippen LogP contribution is 2.33. The van der Waals surface area contributed by atoms with Crippen molar-refractivity contribution in [3.63, 3.8) is 0 Å². The second-order valence-electron chi connectivity index (χ2n) is 3.26. The van der Waals surface area contributed by atoms with E-state index in [0.717, 1.165) is 6.04 Å². The third kappa shape index (κ3) is 1.15. The van der Waals surface area contributed by atoms with E-state index in [1.54, 1.807) is 0 Å². The zero-order valence-corrected chi connectivity index (χ0v) is 11.6. The van der Waals surface area contributed by atoms with E-state index in [1.165, 1.54) is 0 Å². The first-order valence-corrected chi connectivity index (χ1v) is 15.2. The number of fused-ring (bicyclic) bond motifs is 2. The molecule has 2 saturated heterocycles. The highest BCUT2D eigenvalue weighted by atomic mass is 29.6. The minimum absolute atomic E-state index is 0.842. The van der Waals surface area contributed by atoms with Crippen molar-refractivity contribution in [3.05, 3.63) is 0 Å². The van der Waals surface area contributed by atoms with Gasteiger partial charge < -0.3 is 12.3 Å². The van der Waals surface area contributed by atoms with Gasteiger partial charge in [-0.05, 0) is 13.1 Å². The van der Waals surface area contributed by atoms with E-state index in [9.17, 15) is 0 Å². The lowest BCUT2D eigenvalue weighted by Crippen LogP contribution is -2.50. The van der Waals surface area contributed by atoms with Crippen molar-refractivity contribution < 1.29 is 12.3 Å². The van der Waals surface area contributed by atoms with Crippen LogP contribution in [0.15, 0.2) is 0 Å². The summed E-state index contributed by atoms with van der Waals surface area (Å²) in [5.41, 5.74) is 0. The first-order valence-electron chi connectivity index (χ1n) is 4.20. The maximum Gasteiger partial charge on any atom is 0.468 e. The molecule has 0 spiro atoms. The van der Waals surface area contributed by atoms with Gasteiger partial charge in [0.2, 0.25) is 0 Å². The van der Waals surface area contributed by atoms with Gasteiger partial charge in [0.25, 0.3) is 0 Å². The Labute approximate surface area is 72.8 Å². The molecule has 0 aromatic carbocycles. The zero-order valence-electron chi connectivity index (χ0n) is 7.16. The fourth-order valence-corrected chi connectivity index (χ4v) is 42.3. The molecule has 2 fully saturated rings. The van der Waals surface area contributed by atoms with Crippen LogP contribution < -0.4 is 0 Å². The second kappa shape index (κ2) is 2.62. The molecule has 64 valence electrons. The minimum Gasteiger partial charge on any atom is -0.420 e. The Balaban J connectivity index is 2.18. The lowest BCUT2D eigenvalue weighted by atomic mass is 11.0. The van der Waals surface area contributed by atoms with Gasteiger partial charge in [-0.25, -0.2) is 0 Å². The van der Waals surface area contributed by atoms with Gasteiger partial charge in [-0.2, -0.15) is 0 Å². The minimum atomic E-state index is -1.95. The van der Waals surface area contributed by atoms with E-state index in [0.29, 0.717) is 0 Å². The molecule has 2 aliphatic heterocycles. The summed E-state index contributed by atoms with van der Waals surface area (Å²) in [5.74, 6) is 0. The van der Waals surface area contributed by atoms with Crippen molar-refractivity contribution in [1.29, 1.82) is 0 Å². The Morgan fingerprint density at radius 3 is 1.91 bits per heavy atom. The highest BCUT2D eigenvalue weighted by molar-refractivity contribution is 7.50. The van der Waals surface area contributed by atoms with Crippen molar-refractivity contribution >= 4 is 34.0 Å². The van der Waals surface area contributed by atoms with Crippen LogP contribution in [0.5, 0.6) is 0 Å². The molecule has 11 heavy (non-hydrogen) atoms. The standard InChI is InChI=1S/C4H14O3Si4/c1-4-11-5-8(2)10(7-11)9(3)6-11/h8-10H,4H2,1-3H3. The fraction of sp³-hybridized carbons (Fsp3) is 1.00. The van der Waals surface area contributed by atoms with Crippen LogP contribution in [0.3, 0.4) is 0 Å². The molecule has 3 nitrogen and oxygen atoms in total. The second-order valence-corrected chi connectivity index (χ2v) is 23.8. The molecule has 0 amide bonds. The fourth-order valence-electron chi connectivity index (χ4n) is 1.81. The molecule has 2 atom stereocenters. The van der Waals surface area contributed by atoms with Crippen molar-refractivity contribution in [2.75, 3.05) is 0 Å². The Morgan fingerprint density at radius 1 is 1.09 bits per heavy atom. The van der Waals surface area contributed by atoms with Gasteiger partial charge in [0.15, 0.2) is 25.2 Å². The molecule has 0 aromatic heterocycles. The molecule has 0 saturated carbocycles. The molecular weight excluding hydrogens is 208 g/mol. The van der Waals surface area contributed by atoms with Gasteiger partial charge in [0.05, 0.1) is 0 Å². The van der Waals surface area contributed by atoms with Crippen LogP contribution in [0.1, 0.15) is 6.92 Å². The monoisotopic (exact) mass is 222 g/mol. The molecule has 7 heteroatoms. The highest BCUT2D eigenvalue weighted by Gasteiger charge is 2.61. The van der Waals surface area contributed by atoms with Gasteiger partial charge >= 0.3 is 8.80 Å². The van der Waals surface area contributed by atoms with Crippen molar-refractivity contribution in [2.24, 2.45) is 0 Å². The van der Waals surface area contributed by atoms with Crippen LogP contribution >= 0.6 is 0 Å². The normalized spacial score (nSPS) is 55.4. The van der Waals surface area contributed by atoms with Crippen LogP contribution in [0.4, 0.5) is 0 Å². The number of rotatable bonds is 1. The molecule has 2 unspecified atom stereocenters. The molecule has 0 aromatic rings. The van der Waals surface area contributed by atoms with Gasteiger partial charge in [-0.3, -0.25) is 0 Å². The van der Waals surface area contributed by atoms with Crippen LogP contribution in [0.25, 0.3) is 0 Å². The van der Waals surface area contributed by atoms with Crippen LogP contribution in [0.2, 0.25) is 19.1 Å². The predicted molar refractivity (Wildman–Crippen MR) is 52.7 cm³/mol. The van der Waals surface area contributed by atoms with E-state index in [-0.39, 0.29) is 0 Å². The van der Waals surface area contributed by atoms with Crippen molar-refractivity contribution in [2.45, 2.75) is 26.1 Å². The Bertz CT molecular complexity index is 165. The van der Waals surface area contributed by atoms with Gasteiger partial charge in [-0.1, -0.05) is 6.92 Å². The molecule has 0 aliphatic carbocycles. The average molecular weight is 222 g/mol. The van der Waals surface area contributed by atoms with Crippen LogP contribution in [-0.2, 0) is 12.3 Å². The molecule has 2 heterocycles. The summed E-state index contributed by atoms with van der Waals surface area (Å²) in [6.07, 6.45) is 0. The zero-order chi connectivity index (χ0) is 8.06. The van der Waals surface area contributed by atoms with E-state index in [1.807, 2.05) is 0 Å². The molecule has 2 bridgehead atoms. The first-order chi connectivity index (χ1) is 5.17. The van der Waals surface area contributed by atoms with E-state index in [4.69, 9.17) is 12.3 Å². The third-order valence-electron chi connectivity index (χ3n) is 2.40. The van der Waals surface area contributed by atoms with Gasteiger partial charge in [-0.15, -0.1) is 0 Å². The number of hydrogen-bond donors (Lipinski definition) is 0. The van der Waals surface area contributed by atoms with E-state index >= 15 is 0 Å². The topological polar surface area (TPSA) is 27.7 Å². The quantitative estimate of drug-likeness (QED) is 0.566. The summed E-state index contributed by atoms with van der Waals surface area (Å²) in [4.78, 5) is 0. The maximum absolute atomic E-state index is 5.99. The summed E-state index contributed by atoms with van der Waals surface area (Å²) in [6.45, 7) is 6.73. The first kappa shape index (κ1) is 8.35. The van der Waals surface area contributed by atoms with Crippen molar-refractivity contribution in [1.82, 2.24) is 0 Å². The molecule has 0 N–H and O–H groups in total. The molecule has 2 rings (SSSR count). The van der Waals surface area contributed by atoms with Crippen molar-refractivity contribution in [3.8, 4) is 0 Å². The lowest BCUT2D eigenvalue weighted by Gasteiger charge is -2.25. The molecule has 0 radical (unpaired) electrons. The van der Waals surface area contributed by atoms with Crippen LogP contribution in [0, 0.1) is 0 Å². The average Bonchev–Trinajstić information content (AvgIpc) is 2.42. The molecule has 2 aliphatic rings. The Morgan fingerprint density at radius 2 is 1.64 bits per heavy atom. The molecular formula is C4H14O3Si4. The SMILES string of the molecule is CC[Si]12O[SiH](C)[SiH](O1)[SiH](C)O2. The Hall–Kier alpha value is 0.748. The lowest BCUT2D eigenvalue weighted by molar-refractivity contribution is 0.318. The Kier molecular flexibility index (Phi) is 1.99. The van der Waals surface area contributed by atoms with E-state index in [2.05, 4.69) is 20.0 Å². The van der Waals surface area contributed by atoms with Gasteiger partial charge in [0.1, 0.15) is 0 Å². The van der Waals surface area contributed by atoms with Gasteiger partial charge in [0, 0.05) is 6.04 Å². The summed E-state index contributed by atoms with van der Waals surface area (Å²) in [7, 11) is -4.50. The number of hydrogen-bond acceptors (Lipinski definition) is 3. The summed E-state index contributed by atoms with van der Waals surface area (Å²) in [6, 6.07) is 1.01. The third-order valence-corrected chi connectivity index (χ3v) is 33.7. The predicted octanol–water partition coefficient (Wildman–Crippen LogP) is -0.390. The summed E-state index contributed by atoms with van der Waals surface area (Å²) in [5, 5.41) is 0. The largest absolute Gasteiger partial charge is 0.468 e. The van der Waals surface area contributed by atoms with E-state index < -0.39 is 34.0 Å². The van der Waals surface area contributed by atoms with Crippen LogP contribution in [-0.4, -0.2) is 34.0 Å².